The largest absolute Gasteiger partial charge is 0.466 e. The van der Waals surface area contributed by atoms with Crippen LogP contribution in [0.25, 0.3) is 0 Å². The summed E-state index contributed by atoms with van der Waals surface area (Å²) in [5.74, 6) is -0.613. The van der Waals surface area contributed by atoms with Gasteiger partial charge in [0.1, 0.15) is 0 Å². The zero-order valence-corrected chi connectivity index (χ0v) is 19.1. The number of carbonyl (C=O) groups excluding carboxylic acids is 2. The summed E-state index contributed by atoms with van der Waals surface area (Å²) >= 11 is 1.34. The van der Waals surface area contributed by atoms with Crippen molar-refractivity contribution >= 4 is 28.8 Å². The van der Waals surface area contributed by atoms with Crippen LogP contribution in [0.4, 0.5) is 13.2 Å². The summed E-state index contributed by atoms with van der Waals surface area (Å²) in [5.41, 5.74) is 1.17. The van der Waals surface area contributed by atoms with E-state index in [1.54, 1.807) is 4.90 Å². The molecule has 1 aromatic rings. The monoisotopic (exact) mass is 479 g/mol. The van der Waals surface area contributed by atoms with Crippen LogP contribution in [0.15, 0.2) is 51.6 Å². The average molecular weight is 480 g/mol. The third-order valence-corrected chi connectivity index (χ3v) is 6.86. The van der Waals surface area contributed by atoms with Crippen molar-refractivity contribution < 1.29 is 27.5 Å². The van der Waals surface area contributed by atoms with Crippen LogP contribution in [0.3, 0.4) is 0 Å². The molecule has 10 heteroatoms. The molecule has 3 heterocycles. The number of halogens is 3. The molecule has 1 amide bonds. The zero-order valence-electron chi connectivity index (χ0n) is 18.3. The topological polar surface area (TPSA) is 62.2 Å². The molecular formula is C23H24F3N3O3S. The molecule has 0 unspecified atom stereocenters. The molecule has 1 atom stereocenters. The van der Waals surface area contributed by atoms with Gasteiger partial charge in [-0.15, -0.1) is 0 Å². The van der Waals surface area contributed by atoms with Gasteiger partial charge in [-0.3, -0.25) is 4.79 Å². The van der Waals surface area contributed by atoms with Gasteiger partial charge in [0, 0.05) is 18.8 Å². The number of amidine groups is 1. The lowest BCUT2D eigenvalue weighted by atomic mass is 9.92. The number of aliphatic imine (C=N–C) groups is 1. The van der Waals surface area contributed by atoms with E-state index < -0.39 is 23.8 Å². The molecule has 3 aliphatic heterocycles. The minimum absolute atomic E-state index is 0.0170. The van der Waals surface area contributed by atoms with Crippen LogP contribution in [0.2, 0.25) is 0 Å². The number of likely N-dealkylation sites (tertiary alicyclic amines) is 1. The second kappa shape index (κ2) is 9.24. The Kier molecular flexibility index (Phi) is 6.56. The van der Waals surface area contributed by atoms with Crippen LogP contribution in [0.5, 0.6) is 0 Å². The number of methoxy groups -OCH3 is 1. The van der Waals surface area contributed by atoms with Crippen molar-refractivity contribution in [1.82, 2.24) is 9.80 Å². The molecule has 4 rings (SSSR count). The van der Waals surface area contributed by atoms with Crippen molar-refractivity contribution in [1.29, 1.82) is 0 Å². The molecular weight excluding hydrogens is 455 g/mol. The first-order valence-corrected chi connectivity index (χ1v) is 11.6. The lowest BCUT2D eigenvalue weighted by molar-refractivity contribution is -0.138. The lowest BCUT2D eigenvalue weighted by Gasteiger charge is -2.37. The Morgan fingerprint density at radius 3 is 2.42 bits per heavy atom. The number of esters is 1. The molecule has 0 aliphatic carbocycles. The summed E-state index contributed by atoms with van der Waals surface area (Å²) in [6, 6.07) is 4.01. The van der Waals surface area contributed by atoms with Gasteiger partial charge < -0.3 is 14.5 Å². The fourth-order valence-electron chi connectivity index (χ4n) is 4.32. The third kappa shape index (κ3) is 4.53. The summed E-state index contributed by atoms with van der Waals surface area (Å²) in [5, 5.41) is 2.42. The first-order chi connectivity index (χ1) is 15.7. The van der Waals surface area contributed by atoms with Gasteiger partial charge in [-0.2, -0.15) is 13.2 Å². The van der Waals surface area contributed by atoms with Crippen molar-refractivity contribution in [2.24, 2.45) is 4.99 Å². The molecule has 176 valence electrons. The van der Waals surface area contributed by atoms with Gasteiger partial charge in [0.2, 0.25) is 5.91 Å². The van der Waals surface area contributed by atoms with Crippen molar-refractivity contribution in [3.05, 3.63) is 57.8 Å². The highest BCUT2D eigenvalue weighted by atomic mass is 32.2. The predicted molar refractivity (Wildman–Crippen MR) is 119 cm³/mol. The van der Waals surface area contributed by atoms with Gasteiger partial charge in [0.05, 0.1) is 36.4 Å². The molecule has 1 fully saturated rings. The number of alkyl halides is 3. The van der Waals surface area contributed by atoms with Crippen LogP contribution < -0.4 is 0 Å². The maximum atomic E-state index is 13.1. The van der Waals surface area contributed by atoms with E-state index in [9.17, 15) is 22.8 Å². The first kappa shape index (κ1) is 23.4. The highest BCUT2D eigenvalue weighted by Crippen LogP contribution is 2.46. The normalized spacial score (nSPS) is 20.6. The molecule has 0 saturated carbocycles. The van der Waals surface area contributed by atoms with Gasteiger partial charge in [-0.05, 0) is 42.4 Å². The van der Waals surface area contributed by atoms with Crippen LogP contribution in [-0.4, -0.2) is 47.0 Å². The van der Waals surface area contributed by atoms with Crippen molar-refractivity contribution in [2.45, 2.75) is 44.8 Å². The highest BCUT2D eigenvalue weighted by Gasteiger charge is 2.42. The van der Waals surface area contributed by atoms with Crippen LogP contribution in [0, 0.1) is 0 Å². The number of benzene rings is 1. The fraction of sp³-hybridized carbons (Fsp3) is 0.435. The minimum Gasteiger partial charge on any atom is -0.466 e. The molecule has 0 radical (unpaired) electrons. The first-order valence-electron chi connectivity index (χ1n) is 10.7. The minimum atomic E-state index is -4.47. The van der Waals surface area contributed by atoms with E-state index in [-0.39, 0.29) is 17.9 Å². The Labute approximate surface area is 194 Å². The predicted octanol–water partition coefficient (Wildman–Crippen LogP) is 4.86. The summed E-state index contributed by atoms with van der Waals surface area (Å²) in [7, 11) is 1.26. The molecule has 3 aliphatic rings. The van der Waals surface area contributed by atoms with Gasteiger partial charge in [0.15, 0.2) is 5.17 Å². The van der Waals surface area contributed by atoms with E-state index in [2.05, 4.69) is 4.99 Å². The maximum absolute atomic E-state index is 13.1. The summed E-state index contributed by atoms with van der Waals surface area (Å²) in [6.07, 6.45) is -1.96. The highest BCUT2D eigenvalue weighted by molar-refractivity contribution is 8.16. The SMILES string of the molecule is CCC1=C(C(=O)OC)[C@@H](c2ccc(C(F)(F)F)cc2)N2C(CC(=O)N3CCCC3)=CSC2=N1. The van der Waals surface area contributed by atoms with E-state index >= 15 is 0 Å². The van der Waals surface area contributed by atoms with Gasteiger partial charge in [0.25, 0.3) is 0 Å². The van der Waals surface area contributed by atoms with E-state index in [4.69, 9.17) is 4.74 Å². The summed E-state index contributed by atoms with van der Waals surface area (Å²) in [4.78, 5) is 33.9. The molecule has 33 heavy (non-hydrogen) atoms. The number of rotatable bonds is 5. The second-order valence-electron chi connectivity index (χ2n) is 7.98. The van der Waals surface area contributed by atoms with E-state index in [1.807, 2.05) is 17.2 Å². The number of nitrogens with zero attached hydrogens (tertiary/aromatic N) is 3. The molecule has 0 aromatic heterocycles. The molecule has 0 spiro atoms. The average Bonchev–Trinajstić information content (AvgIpc) is 3.47. The van der Waals surface area contributed by atoms with Crippen LogP contribution >= 0.6 is 11.8 Å². The van der Waals surface area contributed by atoms with E-state index in [0.717, 1.165) is 38.1 Å². The number of hydrogen-bond acceptors (Lipinski definition) is 6. The summed E-state index contributed by atoms with van der Waals surface area (Å²) in [6.45, 7) is 3.29. The molecule has 0 N–H and O–H groups in total. The smallest absolute Gasteiger partial charge is 0.416 e. The zero-order chi connectivity index (χ0) is 23.8. The van der Waals surface area contributed by atoms with Gasteiger partial charge in [-0.1, -0.05) is 30.8 Å². The Morgan fingerprint density at radius 2 is 1.85 bits per heavy atom. The van der Waals surface area contributed by atoms with E-state index in [0.29, 0.717) is 28.5 Å². The Bertz CT molecular complexity index is 1040. The standard InChI is InChI=1S/C23H24F3N3O3S/c1-3-17-19(21(31)32-2)20(14-6-8-15(9-7-14)23(24,25)26)29-16(13-33-22(29)27-17)12-18(30)28-10-4-5-11-28/h6-9,13,20H,3-5,10-12H2,1-2H3/t20-/m1/s1. The number of hydrogen-bond donors (Lipinski definition) is 0. The molecule has 0 bridgehead atoms. The lowest BCUT2D eigenvalue weighted by Crippen LogP contribution is -2.38. The van der Waals surface area contributed by atoms with Crippen molar-refractivity contribution in [2.75, 3.05) is 20.2 Å². The summed E-state index contributed by atoms with van der Waals surface area (Å²) < 4.78 is 44.4. The Hall–Kier alpha value is -2.75. The number of thioether (sulfide) groups is 1. The van der Waals surface area contributed by atoms with E-state index in [1.165, 1.54) is 31.0 Å². The van der Waals surface area contributed by atoms with Gasteiger partial charge in [-0.25, -0.2) is 9.79 Å². The molecule has 6 nitrogen and oxygen atoms in total. The number of amides is 1. The number of allylic oxidation sites excluding steroid dienone is 1. The quantitative estimate of drug-likeness (QED) is 0.565. The second-order valence-corrected chi connectivity index (χ2v) is 8.82. The number of fused-ring (bicyclic) bond motifs is 1. The van der Waals surface area contributed by atoms with Crippen molar-refractivity contribution in [3.8, 4) is 0 Å². The Morgan fingerprint density at radius 1 is 1.18 bits per heavy atom. The fourth-order valence-corrected chi connectivity index (χ4v) is 5.25. The number of ether oxygens (including phenoxy) is 1. The molecule has 1 aromatic carbocycles. The van der Waals surface area contributed by atoms with Crippen LogP contribution in [-0.2, 0) is 20.5 Å². The van der Waals surface area contributed by atoms with Crippen LogP contribution in [0.1, 0.15) is 49.8 Å². The Balaban J connectivity index is 1.75. The van der Waals surface area contributed by atoms with Gasteiger partial charge >= 0.3 is 12.1 Å². The van der Waals surface area contributed by atoms with Crippen molar-refractivity contribution in [3.63, 3.8) is 0 Å². The maximum Gasteiger partial charge on any atom is 0.416 e. The third-order valence-electron chi connectivity index (χ3n) is 5.97. The number of carbonyl (C=O) groups is 2. The molecule has 1 saturated heterocycles.